The molecule has 0 radical (unpaired) electrons. The van der Waals surface area contributed by atoms with E-state index in [2.05, 4.69) is 20.3 Å². The van der Waals surface area contributed by atoms with Crippen molar-refractivity contribution in [1.29, 1.82) is 0 Å². The minimum Gasteiger partial charge on any atom is -0.457 e. The first kappa shape index (κ1) is 20.7. The molecule has 172 valence electrons. The van der Waals surface area contributed by atoms with Crippen molar-refractivity contribution in [2.75, 3.05) is 16.9 Å². The molecular weight excluding hydrogens is 428 g/mol. The van der Waals surface area contributed by atoms with Gasteiger partial charge in [-0.1, -0.05) is 18.2 Å². The van der Waals surface area contributed by atoms with Crippen molar-refractivity contribution in [3.05, 3.63) is 72.7 Å². The van der Waals surface area contributed by atoms with Gasteiger partial charge in [-0.2, -0.15) is 5.10 Å². The number of aromatic nitrogens is 3. The number of aliphatic hydroxyl groups excluding tert-OH is 1. The zero-order valence-corrected chi connectivity index (χ0v) is 18.7. The molecule has 1 aliphatic heterocycles. The van der Waals surface area contributed by atoms with Crippen molar-refractivity contribution in [3.8, 4) is 11.5 Å². The van der Waals surface area contributed by atoms with Crippen LogP contribution in [0.4, 0.5) is 11.5 Å². The van der Waals surface area contributed by atoms with Crippen molar-refractivity contribution in [3.63, 3.8) is 0 Å². The number of anilines is 2. The number of amidine groups is 1. The largest absolute Gasteiger partial charge is 0.457 e. The number of aliphatic hydroxyl groups is 1. The number of rotatable bonds is 5. The maximum Gasteiger partial charge on any atom is 0.162 e. The van der Waals surface area contributed by atoms with E-state index < -0.39 is 0 Å². The predicted molar refractivity (Wildman–Crippen MR) is 132 cm³/mol. The number of ether oxygens (including phenoxy) is 1. The molecule has 3 heterocycles. The fourth-order valence-electron chi connectivity index (χ4n) is 4.80. The summed E-state index contributed by atoms with van der Waals surface area (Å²) in [5.74, 6) is 3.55. The second kappa shape index (κ2) is 8.79. The third-order valence-electron chi connectivity index (χ3n) is 6.65. The lowest BCUT2D eigenvalue weighted by atomic mass is 9.86. The molecule has 1 fully saturated rings. The van der Waals surface area contributed by atoms with Gasteiger partial charge in [-0.25, -0.2) is 15.0 Å². The lowest BCUT2D eigenvalue weighted by Gasteiger charge is -2.36. The van der Waals surface area contributed by atoms with Gasteiger partial charge in [0.1, 0.15) is 23.5 Å². The predicted octanol–water partition coefficient (Wildman–Crippen LogP) is 4.90. The van der Waals surface area contributed by atoms with E-state index in [1.807, 2.05) is 65.8 Å². The highest BCUT2D eigenvalue weighted by Gasteiger charge is 2.32. The number of hydrazone groups is 1. The van der Waals surface area contributed by atoms with Crippen LogP contribution in [-0.2, 0) is 0 Å². The third-order valence-corrected chi connectivity index (χ3v) is 6.65. The number of H-pyrrole nitrogens is 1. The Morgan fingerprint density at radius 3 is 2.50 bits per heavy atom. The Morgan fingerprint density at radius 2 is 1.74 bits per heavy atom. The monoisotopic (exact) mass is 454 g/mol. The lowest BCUT2D eigenvalue weighted by Crippen LogP contribution is -2.39. The van der Waals surface area contributed by atoms with Crippen molar-refractivity contribution < 1.29 is 9.84 Å². The molecule has 0 atom stereocenters. The Morgan fingerprint density at radius 1 is 0.971 bits per heavy atom. The van der Waals surface area contributed by atoms with Gasteiger partial charge >= 0.3 is 0 Å². The maximum absolute atomic E-state index is 9.54. The quantitative estimate of drug-likeness (QED) is 0.397. The minimum absolute atomic E-state index is 0.238. The van der Waals surface area contributed by atoms with Gasteiger partial charge in [-0.05, 0) is 68.0 Å². The minimum atomic E-state index is 0.238. The van der Waals surface area contributed by atoms with Crippen molar-refractivity contribution >= 4 is 28.4 Å². The van der Waals surface area contributed by atoms with E-state index in [4.69, 9.17) is 9.84 Å². The molecule has 0 unspecified atom stereocenters. The van der Waals surface area contributed by atoms with Gasteiger partial charge < -0.3 is 20.1 Å². The molecule has 1 saturated carbocycles. The topological polar surface area (TPSA) is 98.7 Å². The van der Waals surface area contributed by atoms with E-state index in [0.29, 0.717) is 5.92 Å². The van der Waals surface area contributed by atoms with Gasteiger partial charge in [0.2, 0.25) is 0 Å². The lowest BCUT2D eigenvalue weighted by molar-refractivity contribution is 0.181. The number of hydrogen-bond acceptors (Lipinski definition) is 7. The molecule has 0 saturated heterocycles. The van der Waals surface area contributed by atoms with Gasteiger partial charge in [-0.3, -0.25) is 0 Å². The molecule has 0 spiro atoms. The summed E-state index contributed by atoms with van der Waals surface area (Å²) in [6.45, 7) is 0.256. The highest BCUT2D eigenvalue weighted by Crippen LogP contribution is 2.37. The fraction of sp³-hybridized carbons (Fsp3) is 0.269. The Bertz CT molecular complexity index is 1310. The van der Waals surface area contributed by atoms with Crippen molar-refractivity contribution in [2.24, 2.45) is 11.0 Å². The highest BCUT2D eigenvalue weighted by molar-refractivity contribution is 6.19. The van der Waals surface area contributed by atoms with Crippen LogP contribution in [0.25, 0.3) is 11.0 Å². The maximum atomic E-state index is 9.54. The van der Waals surface area contributed by atoms with Crippen LogP contribution in [0.2, 0.25) is 0 Å². The summed E-state index contributed by atoms with van der Waals surface area (Å²) >= 11 is 0. The van der Waals surface area contributed by atoms with E-state index in [9.17, 15) is 5.11 Å². The van der Waals surface area contributed by atoms with Gasteiger partial charge in [-0.15, -0.1) is 0 Å². The van der Waals surface area contributed by atoms with Gasteiger partial charge in [0.25, 0.3) is 0 Å². The number of nitrogens with one attached hydrogen (secondary N) is 2. The molecule has 0 bridgehead atoms. The molecule has 1 aliphatic carbocycles. The van der Waals surface area contributed by atoms with E-state index in [0.717, 1.165) is 71.1 Å². The molecule has 3 N–H and O–H groups in total. The summed E-state index contributed by atoms with van der Waals surface area (Å²) in [7, 11) is 0. The zero-order valence-electron chi connectivity index (χ0n) is 18.7. The molecule has 4 aromatic rings. The van der Waals surface area contributed by atoms with Gasteiger partial charge in [0.05, 0.1) is 11.4 Å². The fourth-order valence-corrected chi connectivity index (χ4v) is 4.80. The molecule has 0 amide bonds. The summed E-state index contributed by atoms with van der Waals surface area (Å²) in [6.07, 6.45) is 7.45. The number of nitrogens with zero attached hydrogens (tertiary/aromatic N) is 4. The van der Waals surface area contributed by atoms with Crippen molar-refractivity contribution in [2.45, 2.75) is 31.7 Å². The van der Waals surface area contributed by atoms with Crippen LogP contribution < -0.4 is 15.1 Å². The average Bonchev–Trinajstić information content (AvgIpc) is 3.33. The highest BCUT2D eigenvalue weighted by atomic mass is 16.5. The standard InChI is InChI=1S/C26H26N6O2/c33-15-17-6-10-19(11-7-17)32-26-23-22(14-27-25(23)28-16-29-26)24(31-32)30-18-8-12-21(13-9-18)34-20-4-2-1-3-5-20/h1-5,8-9,12-14,16-17,19,33H,6-7,10-11,15H2,(H,30,31)(H,27,28,29). The van der Waals surface area contributed by atoms with E-state index >= 15 is 0 Å². The van der Waals surface area contributed by atoms with Crippen LogP contribution in [0.1, 0.15) is 31.2 Å². The Balaban J connectivity index is 1.27. The summed E-state index contributed by atoms with van der Waals surface area (Å²) in [5, 5.41) is 21.1. The normalized spacial score (nSPS) is 19.7. The second-order valence-corrected chi connectivity index (χ2v) is 8.84. The second-order valence-electron chi connectivity index (χ2n) is 8.84. The number of hydrogen-bond donors (Lipinski definition) is 3. The van der Waals surface area contributed by atoms with Crippen LogP contribution >= 0.6 is 0 Å². The number of benzene rings is 2. The molecule has 34 heavy (non-hydrogen) atoms. The third kappa shape index (κ3) is 3.86. The number of aromatic amines is 1. The molecule has 2 aromatic carbocycles. The summed E-state index contributed by atoms with van der Waals surface area (Å²) < 4.78 is 5.91. The molecular formula is C26H26N6O2. The summed E-state index contributed by atoms with van der Waals surface area (Å²) in [5.41, 5.74) is 2.67. The molecule has 8 nitrogen and oxygen atoms in total. The Labute approximate surface area is 197 Å². The van der Waals surface area contributed by atoms with E-state index in [1.165, 1.54) is 0 Å². The summed E-state index contributed by atoms with van der Waals surface area (Å²) in [6, 6.07) is 17.8. The molecule has 8 heteroatoms. The van der Waals surface area contributed by atoms with E-state index in [-0.39, 0.29) is 12.6 Å². The average molecular weight is 455 g/mol. The van der Waals surface area contributed by atoms with Crippen LogP contribution in [0, 0.1) is 5.92 Å². The van der Waals surface area contributed by atoms with Crippen LogP contribution in [-0.4, -0.2) is 38.5 Å². The van der Waals surface area contributed by atoms with Crippen LogP contribution in [0.3, 0.4) is 0 Å². The molecule has 6 rings (SSSR count). The molecule has 2 aliphatic rings. The van der Waals surface area contributed by atoms with Gasteiger partial charge in [0, 0.05) is 24.1 Å². The van der Waals surface area contributed by atoms with E-state index in [1.54, 1.807) is 6.33 Å². The first-order chi connectivity index (χ1) is 16.8. The van der Waals surface area contributed by atoms with Crippen molar-refractivity contribution in [1.82, 2.24) is 15.0 Å². The van der Waals surface area contributed by atoms with Crippen LogP contribution in [0.15, 0.2) is 72.2 Å². The number of para-hydroxylation sites is 1. The first-order valence-electron chi connectivity index (χ1n) is 11.7. The zero-order chi connectivity index (χ0) is 22.9. The van der Waals surface area contributed by atoms with Crippen LogP contribution in [0.5, 0.6) is 11.5 Å². The smallest absolute Gasteiger partial charge is 0.162 e. The SMILES string of the molecule is OCC1CCC(N2N=C(Nc3ccc(Oc4ccccc4)cc3)c3c[nH]c4ncnc2c34)CC1. The first-order valence-corrected chi connectivity index (χ1v) is 11.7. The summed E-state index contributed by atoms with van der Waals surface area (Å²) in [4.78, 5) is 12.3. The Hall–Kier alpha value is -3.91. The van der Waals surface area contributed by atoms with Gasteiger partial charge in [0.15, 0.2) is 11.7 Å². The Kier molecular flexibility index (Phi) is 5.35. The molecule has 2 aromatic heterocycles.